The number of hydrogen-bond donors (Lipinski definition) is 3. The molecule has 0 aliphatic rings. The summed E-state index contributed by atoms with van der Waals surface area (Å²) in [5.41, 5.74) is 0.411. The number of carbonyl (C=O) groups is 1. The molecule has 2 rings (SSSR count). The van der Waals surface area contributed by atoms with Crippen molar-refractivity contribution in [3.8, 4) is 0 Å². The van der Waals surface area contributed by atoms with E-state index in [2.05, 4.69) is 0 Å². The molecule has 0 saturated heterocycles. The lowest BCUT2D eigenvalue weighted by Gasteiger charge is -2.27. The molecule has 160 valence electrons. The molecule has 0 spiro atoms. The van der Waals surface area contributed by atoms with E-state index in [-0.39, 0.29) is 23.3 Å². The molecule has 7 nitrogen and oxygen atoms in total. The zero-order chi connectivity index (χ0) is 21.9. The number of aliphatic hydroxyl groups excluding tert-OH is 2. The number of ether oxygens (including phenoxy) is 1. The summed E-state index contributed by atoms with van der Waals surface area (Å²) in [6, 6.07) is 16.0. The van der Waals surface area contributed by atoms with Crippen LogP contribution in [0.1, 0.15) is 37.0 Å². The van der Waals surface area contributed by atoms with Crippen molar-refractivity contribution in [2.45, 2.75) is 37.9 Å². The van der Waals surface area contributed by atoms with Gasteiger partial charge in [-0.05, 0) is 36.6 Å². The van der Waals surface area contributed by atoms with Gasteiger partial charge in [0.05, 0.1) is 10.5 Å². The van der Waals surface area contributed by atoms with Crippen LogP contribution in [0.2, 0.25) is 0 Å². The molecule has 2 aromatic carbocycles. The molecule has 3 N–H and O–H groups in total. The largest absolute Gasteiger partial charge is 0.432 e. The van der Waals surface area contributed by atoms with Crippen LogP contribution in [0.15, 0.2) is 65.6 Å². The van der Waals surface area contributed by atoms with E-state index in [1.54, 1.807) is 48.5 Å². The fourth-order valence-corrected chi connectivity index (χ4v) is 3.27. The Balaban J connectivity index is 0.000000352. The van der Waals surface area contributed by atoms with Crippen molar-refractivity contribution in [3.63, 3.8) is 0 Å². The van der Waals surface area contributed by atoms with Crippen molar-refractivity contribution in [1.29, 1.82) is 0 Å². The van der Waals surface area contributed by atoms with Crippen molar-refractivity contribution < 1.29 is 32.7 Å². The topological polar surface area (TPSA) is 121 Å². The SMILES string of the molecule is CCC(CO)C(CC)C(O)OC(=O)c1ccccc1.O=S(=O)(O)c1ccccc1. The van der Waals surface area contributed by atoms with Crippen molar-refractivity contribution in [3.05, 3.63) is 66.2 Å². The molecule has 0 heterocycles. The Morgan fingerprint density at radius 2 is 1.48 bits per heavy atom. The summed E-state index contributed by atoms with van der Waals surface area (Å²) in [7, 11) is -4.00. The van der Waals surface area contributed by atoms with Crippen molar-refractivity contribution in [1.82, 2.24) is 0 Å². The molecule has 0 fully saturated rings. The molecule has 0 amide bonds. The second kappa shape index (κ2) is 12.3. The molecule has 29 heavy (non-hydrogen) atoms. The second-order valence-electron chi connectivity index (χ2n) is 6.37. The van der Waals surface area contributed by atoms with Crippen LogP contribution in [-0.2, 0) is 14.9 Å². The van der Waals surface area contributed by atoms with Gasteiger partial charge in [0, 0.05) is 12.5 Å². The Morgan fingerprint density at radius 3 is 1.86 bits per heavy atom. The first-order valence-electron chi connectivity index (χ1n) is 9.32. The Hall–Kier alpha value is -2.26. The van der Waals surface area contributed by atoms with Crippen LogP contribution < -0.4 is 0 Å². The Labute approximate surface area is 171 Å². The van der Waals surface area contributed by atoms with Gasteiger partial charge in [-0.2, -0.15) is 8.42 Å². The van der Waals surface area contributed by atoms with Gasteiger partial charge in [0.1, 0.15) is 0 Å². The number of hydrogen-bond acceptors (Lipinski definition) is 6. The monoisotopic (exact) mass is 424 g/mol. The van der Waals surface area contributed by atoms with Crippen molar-refractivity contribution in [2.75, 3.05) is 6.61 Å². The first-order valence-corrected chi connectivity index (χ1v) is 10.8. The summed E-state index contributed by atoms with van der Waals surface area (Å²) < 4.78 is 34.3. The van der Waals surface area contributed by atoms with E-state index >= 15 is 0 Å². The number of aliphatic hydroxyl groups is 2. The lowest BCUT2D eigenvalue weighted by molar-refractivity contribution is -0.117. The van der Waals surface area contributed by atoms with Crippen LogP contribution in [0.5, 0.6) is 0 Å². The Morgan fingerprint density at radius 1 is 0.966 bits per heavy atom. The normalized spacial score (nSPS) is 14.1. The molecule has 3 atom stereocenters. The molecule has 8 heteroatoms. The van der Waals surface area contributed by atoms with Gasteiger partial charge in [-0.3, -0.25) is 4.55 Å². The van der Waals surface area contributed by atoms with Gasteiger partial charge in [0.2, 0.25) is 6.29 Å². The van der Waals surface area contributed by atoms with Crippen LogP contribution in [0.3, 0.4) is 0 Å². The zero-order valence-electron chi connectivity index (χ0n) is 16.5. The highest BCUT2D eigenvalue weighted by molar-refractivity contribution is 7.85. The average molecular weight is 425 g/mol. The highest BCUT2D eigenvalue weighted by Crippen LogP contribution is 2.24. The second-order valence-corrected chi connectivity index (χ2v) is 7.79. The summed E-state index contributed by atoms with van der Waals surface area (Å²) in [6.07, 6.45) is 0.187. The van der Waals surface area contributed by atoms with E-state index in [9.17, 15) is 23.4 Å². The minimum Gasteiger partial charge on any atom is -0.432 e. The summed E-state index contributed by atoms with van der Waals surface area (Å²) in [5.74, 6) is -0.856. The van der Waals surface area contributed by atoms with Gasteiger partial charge in [-0.1, -0.05) is 56.7 Å². The summed E-state index contributed by atoms with van der Waals surface area (Å²) in [6.45, 7) is 3.83. The van der Waals surface area contributed by atoms with Gasteiger partial charge in [0.25, 0.3) is 10.1 Å². The van der Waals surface area contributed by atoms with Crippen LogP contribution in [0.25, 0.3) is 0 Å². The maximum atomic E-state index is 11.8. The van der Waals surface area contributed by atoms with Crippen LogP contribution in [0.4, 0.5) is 0 Å². The maximum Gasteiger partial charge on any atom is 0.340 e. The highest BCUT2D eigenvalue weighted by Gasteiger charge is 2.28. The lowest BCUT2D eigenvalue weighted by Crippen LogP contribution is -2.33. The lowest BCUT2D eigenvalue weighted by atomic mass is 9.88. The minimum absolute atomic E-state index is 0.0189. The quantitative estimate of drug-likeness (QED) is 0.338. The molecule has 0 radical (unpaired) electrons. The third-order valence-corrected chi connectivity index (χ3v) is 5.35. The van der Waals surface area contributed by atoms with Gasteiger partial charge in [0.15, 0.2) is 0 Å². The zero-order valence-corrected chi connectivity index (χ0v) is 17.3. The fourth-order valence-electron chi connectivity index (χ4n) is 2.77. The predicted octanol–water partition coefficient (Wildman–Crippen LogP) is 3.14. The van der Waals surface area contributed by atoms with Crippen molar-refractivity contribution in [2.24, 2.45) is 11.8 Å². The average Bonchev–Trinajstić information content (AvgIpc) is 2.73. The van der Waals surface area contributed by atoms with E-state index in [1.807, 2.05) is 13.8 Å². The van der Waals surface area contributed by atoms with Gasteiger partial charge in [-0.25, -0.2) is 4.79 Å². The van der Waals surface area contributed by atoms with Gasteiger partial charge >= 0.3 is 5.97 Å². The standard InChI is InChI=1S/C15H22O4.C6H6O3S/c1-3-11(10-16)13(4-2)15(18)19-14(17)12-8-6-5-7-9-12;7-10(8,9)6-4-2-1-3-5-6/h5-9,11,13,15-16,18H,3-4,10H2,1-2H3;1-5H,(H,7,8,9). The first-order chi connectivity index (χ1) is 13.7. The van der Waals surface area contributed by atoms with Crippen molar-refractivity contribution >= 4 is 16.1 Å². The first kappa shape index (κ1) is 24.8. The van der Waals surface area contributed by atoms with Gasteiger partial charge in [-0.15, -0.1) is 0 Å². The summed E-state index contributed by atoms with van der Waals surface area (Å²) >= 11 is 0. The van der Waals surface area contributed by atoms with Gasteiger partial charge < -0.3 is 14.9 Å². The maximum absolute atomic E-state index is 11.8. The van der Waals surface area contributed by atoms with E-state index in [0.717, 1.165) is 6.42 Å². The highest BCUT2D eigenvalue weighted by atomic mass is 32.2. The molecule has 0 aliphatic heterocycles. The molecule has 0 saturated carbocycles. The van der Waals surface area contributed by atoms with E-state index in [0.29, 0.717) is 12.0 Å². The van der Waals surface area contributed by atoms with Crippen LogP contribution in [-0.4, -0.2) is 42.0 Å². The molecule has 0 aliphatic carbocycles. The molecule has 3 unspecified atom stereocenters. The number of esters is 1. The minimum atomic E-state index is -4.00. The Bertz CT molecular complexity index is 819. The van der Waals surface area contributed by atoms with E-state index in [4.69, 9.17) is 9.29 Å². The molecule has 0 bridgehead atoms. The third kappa shape index (κ3) is 8.33. The molecule has 0 aromatic heterocycles. The molecule has 2 aromatic rings. The van der Waals surface area contributed by atoms with E-state index in [1.165, 1.54) is 12.1 Å². The third-order valence-electron chi connectivity index (χ3n) is 4.48. The number of benzene rings is 2. The van der Waals surface area contributed by atoms with Crippen LogP contribution >= 0.6 is 0 Å². The van der Waals surface area contributed by atoms with E-state index < -0.39 is 22.4 Å². The number of carbonyl (C=O) groups excluding carboxylic acids is 1. The smallest absolute Gasteiger partial charge is 0.340 e. The van der Waals surface area contributed by atoms with Crippen LogP contribution in [0, 0.1) is 11.8 Å². The summed E-state index contributed by atoms with van der Waals surface area (Å²) in [4.78, 5) is 11.8. The summed E-state index contributed by atoms with van der Waals surface area (Å²) in [5, 5.41) is 19.3. The number of rotatable bonds is 8. The predicted molar refractivity (Wildman–Crippen MR) is 109 cm³/mol. The Kier molecular flexibility index (Phi) is 10.5. The molecular weight excluding hydrogens is 396 g/mol. The fraction of sp³-hybridized carbons (Fsp3) is 0.381. The molecular formula is C21H28O7S.